The number of phenolic OH excluding ortho intramolecular Hbond substituents is 1. The van der Waals surface area contributed by atoms with Gasteiger partial charge >= 0.3 is 0 Å². The Hall–Kier alpha value is -1.18. The highest BCUT2D eigenvalue weighted by atomic mass is 16.3. The Bertz CT molecular complexity index is 338. The maximum Gasteiger partial charge on any atom is 0.138 e. The first kappa shape index (κ1) is 14.9. The second-order valence-corrected chi connectivity index (χ2v) is 5.03. The average Bonchev–Trinajstić information content (AvgIpc) is 2.38. The number of benzene rings is 1. The number of unbranched alkanes of at least 4 members (excludes halogenated alkanes) is 2. The Kier molecular flexibility index (Phi) is 6.63. The zero-order chi connectivity index (χ0) is 13.4. The molecule has 0 amide bonds. The molecule has 0 radical (unpaired) electrons. The average molecular weight is 249 g/mol. The SMILES string of the molecule is CCCCC(C)N(CCCC)c1ccccc1O. The van der Waals surface area contributed by atoms with Crippen LogP contribution in [0.3, 0.4) is 0 Å². The van der Waals surface area contributed by atoms with E-state index < -0.39 is 0 Å². The van der Waals surface area contributed by atoms with Crippen LogP contribution in [0.4, 0.5) is 5.69 Å². The van der Waals surface area contributed by atoms with Crippen LogP contribution in [-0.2, 0) is 0 Å². The lowest BCUT2D eigenvalue weighted by molar-refractivity contribution is 0.466. The highest BCUT2D eigenvalue weighted by Crippen LogP contribution is 2.29. The van der Waals surface area contributed by atoms with Gasteiger partial charge in [-0.3, -0.25) is 0 Å². The van der Waals surface area contributed by atoms with Crippen LogP contribution >= 0.6 is 0 Å². The Morgan fingerprint density at radius 2 is 1.78 bits per heavy atom. The summed E-state index contributed by atoms with van der Waals surface area (Å²) in [5.74, 6) is 0.400. The lowest BCUT2D eigenvalue weighted by Gasteiger charge is -2.32. The fourth-order valence-corrected chi connectivity index (χ4v) is 2.27. The van der Waals surface area contributed by atoms with Crippen molar-refractivity contribution in [3.8, 4) is 5.75 Å². The highest BCUT2D eigenvalue weighted by Gasteiger charge is 2.16. The molecule has 0 saturated heterocycles. The molecule has 1 rings (SSSR count). The van der Waals surface area contributed by atoms with E-state index in [2.05, 4.69) is 25.7 Å². The molecule has 1 unspecified atom stereocenters. The van der Waals surface area contributed by atoms with Crippen LogP contribution < -0.4 is 4.90 Å². The summed E-state index contributed by atoms with van der Waals surface area (Å²) >= 11 is 0. The monoisotopic (exact) mass is 249 g/mol. The van der Waals surface area contributed by atoms with Crippen LogP contribution in [0.1, 0.15) is 52.9 Å². The molecule has 0 aliphatic heterocycles. The summed E-state index contributed by atoms with van der Waals surface area (Å²) in [6, 6.07) is 8.17. The summed E-state index contributed by atoms with van der Waals surface area (Å²) in [6.07, 6.45) is 6.02. The largest absolute Gasteiger partial charge is 0.506 e. The number of anilines is 1. The van der Waals surface area contributed by atoms with Crippen molar-refractivity contribution in [3.05, 3.63) is 24.3 Å². The molecule has 1 atom stereocenters. The molecular weight excluding hydrogens is 222 g/mol. The third-order valence-corrected chi connectivity index (χ3v) is 3.45. The molecule has 2 nitrogen and oxygen atoms in total. The van der Waals surface area contributed by atoms with Crippen molar-refractivity contribution in [1.29, 1.82) is 0 Å². The van der Waals surface area contributed by atoms with Gasteiger partial charge in [-0.2, -0.15) is 0 Å². The van der Waals surface area contributed by atoms with E-state index in [-0.39, 0.29) is 0 Å². The predicted octanol–water partition coefficient (Wildman–Crippen LogP) is 4.58. The molecule has 18 heavy (non-hydrogen) atoms. The Balaban J connectivity index is 2.80. The van der Waals surface area contributed by atoms with Crippen LogP contribution in [0.5, 0.6) is 5.75 Å². The van der Waals surface area contributed by atoms with E-state index in [4.69, 9.17) is 0 Å². The van der Waals surface area contributed by atoms with Gasteiger partial charge in [-0.15, -0.1) is 0 Å². The first-order chi connectivity index (χ1) is 8.70. The molecule has 1 N–H and O–H groups in total. The number of phenols is 1. The molecule has 0 saturated carbocycles. The molecule has 2 heteroatoms. The summed E-state index contributed by atoms with van der Waals surface area (Å²) in [5.41, 5.74) is 0.981. The van der Waals surface area contributed by atoms with Gasteiger partial charge in [0.1, 0.15) is 5.75 Å². The van der Waals surface area contributed by atoms with Crippen molar-refractivity contribution in [2.75, 3.05) is 11.4 Å². The van der Waals surface area contributed by atoms with Gasteiger partial charge in [0.2, 0.25) is 0 Å². The van der Waals surface area contributed by atoms with Crippen molar-refractivity contribution >= 4 is 5.69 Å². The Morgan fingerprint density at radius 1 is 1.11 bits per heavy atom. The first-order valence-electron chi connectivity index (χ1n) is 7.25. The molecule has 0 aromatic heterocycles. The fourth-order valence-electron chi connectivity index (χ4n) is 2.27. The third-order valence-electron chi connectivity index (χ3n) is 3.45. The van der Waals surface area contributed by atoms with Crippen molar-refractivity contribution in [3.63, 3.8) is 0 Å². The zero-order valence-corrected chi connectivity index (χ0v) is 12.0. The molecule has 0 aliphatic rings. The second-order valence-electron chi connectivity index (χ2n) is 5.03. The molecule has 1 aromatic rings. The summed E-state index contributed by atoms with van der Waals surface area (Å²) in [7, 11) is 0. The molecule has 0 aliphatic carbocycles. The highest BCUT2D eigenvalue weighted by molar-refractivity contribution is 5.58. The molecule has 102 valence electrons. The van der Waals surface area contributed by atoms with Crippen molar-refractivity contribution in [2.24, 2.45) is 0 Å². The van der Waals surface area contributed by atoms with Gasteiger partial charge in [0.15, 0.2) is 0 Å². The smallest absolute Gasteiger partial charge is 0.138 e. The molecule has 0 heterocycles. The molecule has 0 spiro atoms. The Labute approximate surface area is 112 Å². The number of hydrogen-bond acceptors (Lipinski definition) is 2. The van der Waals surface area contributed by atoms with Crippen molar-refractivity contribution < 1.29 is 5.11 Å². The summed E-state index contributed by atoms with van der Waals surface area (Å²) in [4.78, 5) is 2.36. The standard InChI is InChI=1S/C16H27NO/c1-4-6-10-14(3)17(13-7-5-2)15-11-8-9-12-16(15)18/h8-9,11-12,14,18H,4-7,10,13H2,1-3H3. The zero-order valence-electron chi connectivity index (χ0n) is 12.0. The van der Waals surface area contributed by atoms with Gasteiger partial charge in [0.05, 0.1) is 5.69 Å². The summed E-state index contributed by atoms with van der Waals surface area (Å²) in [5, 5.41) is 10.0. The third kappa shape index (κ3) is 4.25. The van der Waals surface area contributed by atoms with E-state index in [0.717, 1.165) is 12.2 Å². The predicted molar refractivity (Wildman–Crippen MR) is 79.3 cm³/mol. The molecule has 0 bridgehead atoms. The first-order valence-corrected chi connectivity index (χ1v) is 7.25. The van der Waals surface area contributed by atoms with Gasteiger partial charge < -0.3 is 10.0 Å². The molecule has 0 fully saturated rings. The Morgan fingerprint density at radius 3 is 2.39 bits per heavy atom. The number of aromatic hydroxyl groups is 1. The summed E-state index contributed by atoms with van der Waals surface area (Å²) in [6.45, 7) is 7.72. The second kappa shape index (κ2) is 8.02. The van der Waals surface area contributed by atoms with Crippen LogP contribution in [-0.4, -0.2) is 17.7 Å². The van der Waals surface area contributed by atoms with Gasteiger partial charge in [0, 0.05) is 12.6 Å². The normalized spacial score (nSPS) is 12.4. The molecule has 1 aromatic carbocycles. The van der Waals surface area contributed by atoms with E-state index in [1.165, 1.54) is 32.1 Å². The van der Waals surface area contributed by atoms with Crippen LogP contribution in [0.25, 0.3) is 0 Å². The van der Waals surface area contributed by atoms with Crippen molar-refractivity contribution in [2.45, 2.75) is 58.9 Å². The van der Waals surface area contributed by atoms with Crippen LogP contribution in [0, 0.1) is 0 Å². The van der Waals surface area contributed by atoms with Gasteiger partial charge in [-0.25, -0.2) is 0 Å². The minimum Gasteiger partial charge on any atom is -0.506 e. The van der Waals surface area contributed by atoms with Gasteiger partial charge in [0.25, 0.3) is 0 Å². The van der Waals surface area contributed by atoms with E-state index in [1.807, 2.05) is 18.2 Å². The lowest BCUT2D eigenvalue weighted by atomic mass is 10.1. The fraction of sp³-hybridized carbons (Fsp3) is 0.625. The van der Waals surface area contributed by atoms with Gasteiger partial charge in [-0.05, 0) is 31.9 Å². The number of nitrogens with zero attached hydrogens (tertiary/aromatic N) is 1. The minimum atomic E-state index is 0.400. The van der Waals surface area contributed by atoms with E-state index >= 15 is 0 Å². The summed E-state index contributed by atoms with van der Waals surface area (Å²) < 4.78 is 0. The number of para-hydroxylation sites is 2. The van der Waals surface area contributed by atoms with Gasteiger partial charge in [-0.1, -0.05) is 45.2 Å². The molecular formula is C16H27NO. The maximum atomic E-state index is 10.0. The topological polar surface area (TPSA) is 23.5 Å². The van der Waals surface area contributed by atoms with E-state index in [0.29, 0.717) is 11.8 Å². The van der Waals surface area contributed by atoms with E-state index in [1.54, 1.807) is 6.07 Å². The van der Waals surface area contributed by atoms with Crippen LogP contribution in [0.2, 0.25) is 0 Å². The number of rotatable bonds is 8. The minimum absolute atomic E-state index is 0.400. The number of hydrogen-bond donors (Lipinski definition) is 1. The van der Waals surface area contributed by atoms with Crippen molar-refractivity contribution in [1.82, 2.24) is 0 Å². The van der Waals surface area contributed by atoms with E-state index in [9.17, 15) is 5.11 Å². The van der Waals surface area contributed by atoms with Crippen LogP contribution in [0.15, 0.2) is 24.3 Å². The quantitative estimate of drug-likeness (QED) is 0.729. The lowest BCUT2D eigenvalue weighted by Crippen LogP contribution is -2.34. The maximum absolute atomic E-state index is 10.0.